The molecule has 1 rings (SSSR count). The van der Waals surface area contributed by atoms with Crippen molar-refractivity contribution in [2.24, 2.45) is 0 Å². The number of H-pyrrole nitrogens is 1. The average molecular weight is 169 g/mol. The number of nitrogens with one attached hydrogen (secondary N) is 1. The number of hydrogen-bond acceptors (Lipinski definition) is 3. The molecule has 0 aliphatic carbocycles. The van der Waals surface area contributed by atoms with Crippen LogP contribution in [0.2, 0.25) is 0 Å². The van der Waals surface area contributed by atoms with Crippen molar-refractivity contribution in [1.82, 2.24) is 4.98 Å². The lowest BCUT2D eigenvalue weighted by molar-refractivity contribution is 0.193. The molecule has 1 atom stereocenters. The van der Waals surface area contributed by atoms with Crippen LogP contribution in [0.25, 0.3) is 0 Å². The summed E-state index contributed by atoms with van der Waals surface area (Å²) in [4.78, 5) is 13.0. The highest BCUT2D eigenvalue weighted by atomic mass is 16.3. The molecule has 1 aromatic heterocycles. The predicted molar refractivity (Wildman–Crippen MR) is 44.1 cm³/mol. The van der Waals surface area contributed by atoms with E-state index in [1.807, 2.05) is 0 Å². The van der Waals surface area contributed by atoms with Crippen LogP contribution in [-0.2, 0) is 0 Å². The third-order valence-corrected chi connectivity index (χ3v) is 1.69. The molecule has 4 nitrogen and oxygen atoms in total. The molecule has 4 heteroatoms. The number of aromatic amines is 1. The summed E-state index contributed by atoms with van der Waals surface area (Å²) in [5.41, 5.74) is 0.593. The zero-order chi connectivity index (χ0) is 9.30. The highest BCUT2D eigenvalue weighted by Crippen LogP contribution is 2.22. The number of aliphatic hydroxyl groups excluding tert-OH is 1. The van der Waals surface area contributed by atoms with Gasteiger partial charge in [0.05, 0.1) is 6.10 Å². The molecule has 0 saturated heterocycles. The summed E-state index contributed by atoms with van der Waals surface area (Å²) < 4.78 is 0. The van der Waals surface area contributed by atoms with Crippen LogP contribution >= 0.6 is 0 Å². The van der Waals surface area contributed by atoms with E-state index in [9.17, 15) is 15.0 Å². The quantitative estimate of drug-likeness (QED) is 0.571. The van der Waals surface area contributed by atoms with Crippen molar-refractivity contribution in [3.8, 4) is 5.88 Å². The molecule has 66 valence electrons. The lowest BCUT2D eigenvalue weighted by Gasteiger charge is -2.09. The number of aromatic nitrogens is 1. The fourth-order valence-corrected chi connectivity index (χ4v) is 1.21. The molecule has 0 bridgehead atoms. The van der Waals surface area contributed by atoms with Gasteiger partial charge in [0.25, 0.3) is 5.56 Å². The molecule has 1 aromatic rings. The highest BCUT2D eigenvalue weighted by Gasteiger charge is 2.11. The van der Waals surface area contributed by atoms with Crippen LogP contribution in [0, 0.1) is 6.92 Å². The Kier molecular flexibility index (Phi) is 2.19. The molecule has 0 spiro atoms. The first kappa shape index (κ1) is 8.80. The number of aryl methyl sites for hydroxylation is 1. The monoisotopic (exact) mass is 169 g/mol. The largest absolute Gasteiger partial charge is 0.494 e. The molecule has 12 heavy (non-hydrogen) atoms. The van der Waals surface area contributed by atoms with Crippen LogP contribution in [0.5, 0.6) is 5.88 Å². The van der Waals surface area contributed by atoms with Crippen LogP contribution in [0.4, 0.5) is 0 Å². The lowest BCUT2D eigenvalue weighted by Crippen LogP contribution is -2.08. The molecule has 1 unspecified atom stereocenters. The van der Waals surface area contributed by atoms with Crippen molar-refractivity contribution in [3.63, 3.8) is 0 Å². The first-order valence-electron chi connectivity index (χ1n) is 3.63. The fourth-order valence-electron chi connectivity index (χ4n) is 1.21. The van der Waals surface area contributed by atoms with E-state index < -0.39 is 6.10 Å². The van der Waals surface area contributed by atoms with Crippen molar-refractivity contribution in [2.45, 2.75) is 20.0 Å². The fraction of sp³-hybridized carbons (Fsp3) is 0.375. The highest BCUT2D eigenvalue weighted by molar-refractivity contribution is 5.33. The first-order valence-corrected chi connectivity index (χ1v) is 3.63. The maximum absolute atomic E-state index is 10.8. The summed E-state index contributed by atoms with van der Waals surface area (Å²) in [6.45, 7) is 3.19. The lowest BCUT2D eigenvalue weighted by atomic mass is 10.1. The summed E-state index contributed by atoms with van der Waals surface area (Å²) in [5, 5.41) is 18.4. The van der Waals surface area contributed by atoms with E-state index in [0.29, 0.717) is 11.1 Å². The molecule has 0 aliphatic heterocycles. The minimum Gasteiger partial charge on any atom is -0.494 e. The Labute approximate surface area is 69.5 Å². The SMILES string of the molecule is Cc1cc(=O)[nH]c(O)c1C(C)O. The Morgan fingerprint density at radius 2 is 2.17 bits per heavy atom. The van der Waals surface area contributed by atoms with Crippen molar-refractivity contribution < 1.29 is 10.2 Å². The van der Waals surface area contributed by atoms with Crippen LogP contribution in [0.15, 0.2) is 10.9 Å². The summed E-state index contributed by atoms with van der Waals surface area (Å²) in [5.74, 6) is -0.255. The maximum Gasteiger partial charge on any atom is 0.250 e. The van der Waals surface area contributed by atoms with Gasteiger partial charge in [-0.05, 0) is 19.4 Å². The molecule has 0 aliphatic rings. The van der Waals surface area contributed by atoms with E-state index >= 15 is 0 Å². The smallest absolute Gasteiger partial charge is 0.250 e. The topological polar surface area (TPSA) is 73.3 Å². The van der Waals surface area contributed by atoms with Gasteiger partial charge in [0, 0.05) is 11.6 Å². The van der Waals surface area contributed by atoms with Gasteiger partial charge in [0.15, 0.2) is 5.88 Å². The second-order valence-corrected chi connectivity index (χ2v) is 2.75. The molecule has 0 radical (unpaired) electrons. The van der Waals surface area contributed by atoms with Crippen LogP contribution < -0.4 is 5.56 Å². The second kappa shape index (κ2) is 2.98. The molecule has 0 saturated carbocycles. The minimum atomic E-state index is -0.776. The molecule has 3 N–H and O–H groups in total. The number of pyridine rings is 1. The van der Waals surface area contributed by atoms with E-state index in [0.717, 1.165) is 0 Å². The zero-order valence-corrected chi connectivity index (χ0v) is 6.96. The molecule has 0 amide bonds. The molecule has 1 heterocycles. The predicted octanol–water partition coefficient (Wildman–Crippen LogP) is 0.442. The molecule has 0 aromatic carbocycles. The van der Waals surface area contributed by atoms with Gasteiger partial charge in [-0.1, -0.05) is 0 Å². The van der Waals surface area contributed by atoms with Crippen molar-refractivity contribution in [2.75, 3.05) is 0 Å². The van der Waals surface area contributed by atoms with Crippen molar-refractivity contribution in [1.29, 1.82) is 0 Å². The summed E-state index contributed by atoms with van der Waals surface area (Å²) >= 11 is 0. The minimum absolute atomic E-state index is 0.255. The number of rotatable bonds is 1. The van der Waals surface area contributed by atoms with E-state index in [1.54, 1.807) is 6.92 Å². The van der Waals surface area contributed by atoms with Crippen molar-refractivity contribution in [3.05, 3.63) is 27.5 Å². The Bertz CT molecular complexity index is 314. The number of aromatic hydroxyl groups is 1. The summed E-state index contributed by atoms with van der Waals surface area (Å²) in [6.07, 6.45) is -0.776. The Balaban J connectivity index is 3.38. The normalized spacial score (nSPS) is 12.9. The van der Waals surface area contributed by atoms with Gasteiger partial charge in [0.2, 0.25) is 0 Å². The average Bonchev–Trinajstić information content (AvgIpc) is 1.82. The Morgan fingerprint density at radius 3 is 2.58 bits per heavy atom. The van der Waals surface area contributed by atoms with Gasteiger partial charge in [-0.2, -0.15) is 0 Å². The second-order valence-electron chi connectivity index (χ2n) is 2.75. The van der Waals surface area contributed by atoms with E-state index in [4.69, 9.17) is 0 Å². The van der Waals surface area contributed by atoms with E-state index in [1.165, 1.54) is 13.0 Å². The van der Waals surface area contributed by atoms with Crippen LogP contribution in [-0.4, -0.2) is 15.2 Å². The van der Waals surface area contributed by atoms with E-state index in [2.05, 4.69) is 4.98 Å². The number of hydrogen-bond donors (Lipinski definition) is 3. The summed E-state index contributed by atoms with van der Waals surface area (Å²) in [7, 11) is 0. The molecular weight excluding hydrogens is 158 g/mol. The van der Waals surface area contributed by atoms with Gasteiger partial charge in [-0.25, -0.2) is 0 Å². The third-order valence-electron chi connectivity index (χ3n) is 1.69. The Hall–Kier alpha value is -1.29. The van der Waals surface area contributed by atoms with Gasteiger partial charge in [0.1, 0.15) is 0 Å². The van der Waals surface area contributed by atoms with Gasteiger partial charge >= 0.3 is 0 Å². The maximum atomic E-state index is 10.8. The molecular formula is C8H11NO3. The van der Waals surface area contributed by atoms with Gasteiger partial charge in [-0.15, -0.1) is 0 Å². The first-order chi connectivity index (χ1) is 5.52. The summed E-state index contributed by atoms with van der Waals surface area (Å²) in [6, 6.07) is 1.34. The van der Waals surface area contributed by atoms with Gasteiger partial charge in [-0.3, -0.25) is 9.78 Å². The third kappa shape index (κ3) is 1.48. The zero-order valence-electron chi connectivity index (χ0n) is 6.96. The van der Waals surface area contributed by atoms with Gasteiger partial charge < -0.3 is 10.2 Å². The Morgan fingerprint density at radius 1 is 1.58 bits per heavy atom. The van der Waals surface area contributed by atoms with E-state index in [-0.39, 0.29) is 11.4 Å². The van der Waals surface area contributed by atoms with Crippen LogP contribution in [0.1, 0.15) is 24.2 Å². The molecule has 0 fully saturated rings. The van der Waals surface area contributed by atoms with Crippen molar-refractivity contribution >= 4 is 0 Å². The standard InChI is InChI=1S/C8H11NO3/c1-4-3-6(11)9-8(12)7(4)5(2)10/h3,5,10H,1-2H3,(H2,9,11,12). The number of aliphatic hydroxyl groups is 1. The van der Waals surface area contributed by atoms with Crippen LogP contribution in [0.3, 0.4) is 0 Å².